The molecule has 0 unspecified atom stereocenters. The first kappa shape index (κ1) is 26.6. The van der Waals surface area contributed by atoms with Gasteiger partial charge in [0.1, 0.15) is 5.60 Å². The summed E-state index contributed by atoms with van der Waals surface area (Å²) in [4.78, 5) is 52.3. The summed E-state index contributed by atoms with van der Waals surface area (Å²) < 4.78 is 5.50. The van der Waals surface area contributed by atoms with Crippen molar-refractivity contribution in [1.82, 2.24) is 4.90 Å². The van der Waals surface area contributed by atoms with Crippen molar-refractivity contribution in [2.75, 3.05) is 6.54 Å². The Labute approximate surface area is 220 Å². The topological polar surface area (TPSA) is 121 Å². The molecule has 2 N–H and O–H groups in total. The van der Waals surface area contributed by atoms with E-state index in [1.807, 2.05) is 24.3 Å². The van der Waals surface area contributed by atoms with Crippen molar-refractivity contribution in [2.24, 2.45) is 0 Å². The Balaban J connectivity index is 1.88. The van der Waals surface area contributed by atoms with Crippen LogP contribution in [0.1, 0.15) is 78.9 Å². The fraction of sp³-hybridized carbons (Fsp3) is 0.267. The van der Waals surface area contributed by atoms with Crippen LogP contribution in [0.2, 0.25) is 0 Å². The highest BCUT2D eigenvalue weighted by Crippen LogP contribution is 2.34. The van der Waals surface area contributed by atoms with Crippen LogP contribution in [0.25, 0.3) is 11.1 Å². The normalized spacial score (nSPS) is 13.0. The molecule has 0 atom stereocenters. The molecule has 1 aliphatic rings. The van der Waals surface area contributed by atoms with Crippen LogP contribution < -0.4 is 0 Å². The number of rotatable bonds is 5. The van der Waals surface area contributed by atoms with Gasteiger partial charge in [-0.15, -0.1) is 0 Å². The van der Waals surface area contributed by atoms with Crippen molar-refractivity contribution in [3.63, 3.8) is 0 Å². The van der Waals surface area contributed by atoms with Gasteiger partial charge in [-0.3, -0.25) is 4.79 Å². The second kappa shape index (κ2) is 10.1. The number of hydrogen-bond acceptors (Lipinski definition) is 5. The predicted octanol–water partition coefficient (Wildman–Crippen LogP) is 5.21. The lowest BCUT2D eigenvalue weighted by Gasteiger charge is -2.30. The van der Waals surface area contributed by atoms with Gasteiger partial charge in [-0.05, 0) is 86.2 Å². The van der Waals surface area contributed by atoms with Crippen molar-refractivity contribution in [3.8, 4) is 11.1 Å². The summed E-state index contributed by atoms with van der Waals surface area (Å²) in [7, 11) is 0. The van der Waals surface area contributed by atoms with E-state index < -0.39 is 23.5 Å². The molecule has 0 saturated carbocycles. The average Bonchev–Trinajstić information content (AvgIpc) is 2.86. The number of esters is 1. The quantitative estimate of drug-likeness (QED) is 0.447. The number of carbonyl (C=O) groups excluding carboxylic acids is 2. The van der Waals surface area contributed by atoms with E-state index >= 15 is 0 Å². The summed E-state index contributed by atoms with van der Waals surface area (Å²) in [6.07, 6.45) is 0.662. The van der Waals surface area contributed by atoms with Gasteiger partial charge in [-0.1, -0.05) is 30.3 Å². The molecule has 3 aromatic rings. The fourth-order valence-electron chi connectivity index (χ4n) is 4.68. The van der Waals surface area contributed by atoms with Gasteiger partial charge in [0.05, 0.1) is 16.7 Å². The summed E-state index contributed by atoms with van der Waals surface area (Å²) in [5, 5.41) is 19.4. The van der Waals surface area contributed by atoms with Crippen LogP contribution >= 0.6 is 0 Å². The smallest absolute Gasteiger partial charge is 0.338 e. The highest BCUT2D eigenvalue weighted by molar-refractivity contribution is 6.08. The fourth-order valence-corrected chi connectivity index (χ4v) is 4.68. The molecule has 0 radical (unpaired) electrons. The number of benzene rings is 3. The third-order valence-corrected chi connectivity index (χ3v) is 6.38. The molecule has 0 aliphatic carbocycles. The van der Waals surface area contributed by atoms with Gasteiger partial charge in [-0.25, -0.2) is 14.4 Å². The molecular weight excluding hydrogens is 486 g/mol. The van der Waals surface area contributed by atoms with Crippen molar-refractivity contribution in [1.29, 1.82) is 0 Å². The zero-order chi connectivity index (χ0) is 27.8. The molecule has 196 valence electrons. The summed E-state index contributed by atoms with van der Waals surface area (Å²) in [6.45, 7) is 7.64. The van der Waals surface area contributed by atoms with Gasteiger partial charge in [0.15, 0.2) is 0 Å². The van der Waals surface area contributed by atoms with Gasteiger partial charge in [-0.2, -0.15) is 0 Å². The van der Waals surface area contributed by atoms with E-state index in [4.69, 9.17) is 4.74 Å². The van der Waals surface area contributed by atoms with E-state index in [-0.39, 0.29) is 33.7 Å². The summed E-state index contributed by atoms with van der Waals surface area (Å²) >= 11 is 0. The predicted molar refractivity (Wildman–Crippen MR) is 141 cm³/mol. The van der Waals surface area contributed by atoms with E-state index in [1.54, 1.807) is 32.6 Å². The van der Waals surface area contributed by atoms with E-state index in [0.29, 0.717) is 30.6 Å². The Kier molecular flexibility index (Phi) is 7.09. The van der Waals surface area contributed by atoms with Crippen LogP contribution in [0.15, 0.2) is 54.6 Å². The minimum Gasteiger partial charge on any atom is -0.478 e. The summed E-state index contributed by atoms with van der Waals surface area (Å²) in [5.41, 5.74) is 2.20. The highest BCUT2D eigenvalue weighted by Gasteiger charge is 2.28. The van der Waals surface area contributed by atoms with Gasteiger partial charge in [0.2, 0.25) is 0 Å². The molecule has 1 amide bonds. The lowest BCUT2D eigenvalue weighted by molar-refractivity contribution is 0.00690. The van der Waals surface area contributed by atoms with Crippen LogP contribution in [0.3, 0.4) is 0 Å². The number of carbonyl (C=O) groups is 4. The molecule has 4 rings (SSSR count). The van der Waals surface area contributed by atoms with Crippen molar-refractivity contribution in [2.45, 2.75) is 46.3 Å². The Bertz CT molecular complexity index is 1470. The van der Waals surface area contributed by atoms with Gasteiger partial charge in [0.25, 0.3) is 5.91 Å². The molecule has 1 aliphatic heterocycles. The number of aryl methyl sites for hydroxylation is 1. The standard InChI is InChI=1S/C30H29NO7/c1-17-13-21(27(33)34)15-24(28(35)36)25(17)22-10-9-19(29(37)38-30(2,3)4)14-23(22)26(32)31-12-11-18-7-5-6-8-20(18)16-31/h5-10,13-15H,11-12,16H2,1-4H3,(H,33,34)(H,35,36). The Morgan fingerprint density at radius 2 is 1.50 bits per heavy atom. The number of carboxylic acids is 2. The third-order valence-electron chi connectivity index (χ3n) is 6.38. The minimum atomic E-state index is -1.33. The van der Waals surface area contributed by atoms with Crippen LogP contribution in [0.4, 0.5) is 0 Å². The van der Waals surface area contributed by atoms with E-state index in [0.717, 1.165) is 17.2 Å². The molecule has 3 aromatic carbocycles. The van der Waals surface area contributed by atoms with Crippen LogP contribution in [-0.2, 0) is 17.7 Å². The van der Waals surface area contributed by atoms with Crippen molar-refractivity contribution < 1.29 is 34.1 Å². The van der Waals surface area contributed by atoms with Crippen molar-refractivity contribution >= 4 is 23.8 Å². The van der Waals surface area contributed by atoms with Crippen LogP contribution in [-0.4, -0.2) is 51.1 Å². The zero-order valence-electron chi connectivity index (χ0n) is 21.7. The Morgan fingerprint density at radius 3 is 2.13 bits per heavy atom. The van der Waals surface area contributed by atoms with Crippen LogP contribution in [0, 0.1) is 6.92 Å². The average molecular weight is 516 g/mol. The molecule has 0 aromatic heterocycles. The first-order valence-corrected chi connectivity index (χ1v) is 12.2. The molecule has 8 heteroatoms. The van der Waals surface area contributed by atoms with Crippen molar-refractivity contribution in [3.05, 3.63) is 93.5 Å². The monoisotopic (exact) mass is 515 g/mol. The third kappa shape index (κ3) is 5.44. The molecule has 0 fully saturated rings. The van der Waals surface area contributed by atoms with Gasteiger partial charge >= 0.3 is 17.9 Å². The summed E-state index contributed by atoms with van der Waals surface area (Å²) in [5.74, 6) is -3.56. The Hall–Kier alpha value is -4.46. The first-order valence-electron chi connectivity index (χ1n) is 12.2. The number of hydrogen-bond donors (Lipinski definition) is 2. The van der Waals surface area contributed by atoms with E-state index in [2.05, 4.69) is 0 Å². The minimum absolute atomic E-state index is 0.140. The molecule has 0 spiro atoms. The number of amides is 1. The lowest BCUT2D eigenvalue weighted by Crippen LogP contribution is -2.36. The van der Waals surface area contributed by atoms with Gasteiger partial charge < -0.3 is 19.8 Å². The molecule has 38 heavy (non-hydrogen) atoms. The molecular formula is C30H29NO7. The maximum atomic E-state index is 14.0. The highest BCUT2D eigenvalue weighted by atomic mass is 16.6. The number of ether oxygens (including phenoxy) is 1. The number of aromatic carboxylic acids is 2. The molecule has 8 nitrogen and oxygen atoms in total. The molecule has 1 heterocycles. The lowest BCUT2D eigenvalue weighted by atomic mass is 9.88. The maximum Gasteiger partial charge on any atom is 0.338 e. The van der Waals surface area contributed by atoms with Gasteiger partial charge in [0, 0.05) is 18.7 Å². The number of carboxylic acid groups (broad SMARTS) is 2. The van der Waals surface area contributed by atoms with E-state index in [1.165, 1.54) is 24.3 Å². The first-order chi connectivity index (χ1) is 17.9. The second-order valence-corrected chi connectivity index (χ2v) is 10.3. The summed E-state index contributed by atoms with van der Waals surface area (Å²) in [6, 6.07) is 14.8. The Morgan fingerprint density at radius 1 is 0.842 bits per heavy atom. The second-order valence-electron chi connectivity index (χ2n) is 10.3. The zero-order valence-corrected chi connectivity index (χ0v) is 21.7. The largest absolute Gasteiger partial charge is 0.478 e. The number of fused-ring (bicyclic) bond motifs is 1. The SMILES string of the molecule is Cc1cc(C(=O)O)cc(C(=O)O)c1-c1ccc(C(=O)OC(C)(C)C)cc1C(=O)N1CCc2ccccc2C1. The van der Waals surface area contributed by atoms with Crippen LogP contribution in [0.5, 0.6) is 0 Å². The van der Waals surface area contributed by atoms with E-state index in [9.17, 15) is 29.4 Å². The molecule has 0 bridgehead atoms. The molecule has 0 saturated heterocycles. The maximum absolute atomic E-state index is 14.0. The number of nitrogens with zero attached hydrogens (tertiary/aromatic N) is 1.